The van der Waals surface area contributed by atoms with Gasteiger partial charge in [-0.15, -0.1) is 0 Å². The van der Waals surface area contributed by atoms with Crippen molar-refractivity contribution in [1.29, 1.82) is 0 Å². The molecule has 1 aromatic heterocycles. The van der Waals surface area contributed by atoms with E-state index in [4.69, 9.17) is 4.74 Å². The Bertz CT molecular complexity index is 1120. The predicted octanol–water partition coefficient (Wildman–Crippen LogP) is 5.27. The number of benzene rings is 2. The molecule has 0 radical (unpaired) electrons. The second-order valence-corrected chi connectivity index (χ2v) is 7.92. The summed E-state index contributed by atoms with van der Waals surface area (Å²) >= 11 is 1.54. The van der Waals surface area contributed by atoms with Crippen LogP contribution in [-0.4, -0.2) is 24.4 Å². The fourth-order valence-electron chi connectivity index (χ4n) is 2.90. The highest BCUT2D eigenvalue weighted by atomic mass is 32.2. The lowest BCUT2D eigenvalue weighted by molar-refractivity contribution is 0.439. The molecule has 158 valence electrons. The summed E-state index contributed by atoms with van der Waals surface area (Å²) < 4.78 is 38.0. The topological polar surface area (TPSA) is 46.5 Å². The lowest BCUT2D eigenvalue weighted by Crippen LogP contribution is -2.25. The molecule has 3 rings (SSSR count). The van der Waals surface area contributed by atoms with Crippen LogP contribution in [0.25, 0.3) is 11.1 Å². The normalized spacial score (nSPS) is 10.7. The van der Waals surface area contributed by atoms with Crippen LogP contribution in [0.4, 0.5) is 20.2 Å². The minimum atomic E-state index is -0.792. The van der Waals surface area contributed by atoms with Crippen molar-refractivity contribution in [2.24, 2.45) is 7.05 Å². The first kappa shape index (κ1) is 21.7. The van der Waals surface area contributed by atoms with Gasteiger partial charge in [0.2, 0.25) is 0 Å². The highest BCUT2D eigenvalue weighted by Gasteiger charge is 2.15. The highest BCUT2D eigenvalue weighted by Crippen LogP contribution is 2.37. The number of halogens is 2. The Morgan fingerprint density at radius 2 is 1.83 bits per heavy atom. The number of nitrogens with one attached hydrogen (secondary N) is 1. The summed E-state index contributed by atoms with van der Waals surface area (Å²) in [5, 5.41) is 0. The summed E-state index contributed by atoms with van der Waals surface area (Å²) in [5.41, 5.74) is 2.61. The van der Waals surface area contributed by atoms with E-state index in [0.29, 0.717) is 17.0 Å². The van der Waals surface area contributed by atoms with Gasteiger partial charge in [0, 0.05) is 56.0 Å². The smallest absolute Gasteiger partial charge is 0.273 e. The number of hydrogen-bond acceptors (Lipinski definition) is 5. The molecule has 3 aromatic rings. The molecule has 1 N–H and O–H groups in total. The molecule has 0 spiro atoms. The summed E-state index contributed by atoms with van der Waals surface area (Å²) in [5.74, 6) is -0.294. The van der Waals surface area contributed by atoms with Gasteiger partial charge in [-0.05, 0) is 36.4 Å². The number of ether oxygens (including phenoxy) is 1. The molecule has 30 heavy (non-hydrogen) atoms. The van der Waals surface area contributed by atoms with E-state index in [9.17, 15) is 13.6 Å². The molecule has 0 aliphatic rings. The summed E-state index contributed by atoms with van der Waals surface area (Å²) in [6.07, 6.45) is 1.70. The number of aryl methyl sites for hydroxylation is 1. The molecule has 0 saturated heterocycles. The van der Waals surface area contributed by atoms with Gasteiger partial charge in [0.15, 0.2) is 11.6 Å². The number of nitrogens with zero attached hydrogens (tertiary/aromatic N) is 2. The maximum Gasteiger partial charge on any atom is 0.273 e. The van der Waals surface area contributed by atoms with Crippen LogP contribution in [0.15, 0.2) is 53.5 Å². The van der Waals surface area contributed by atoms with Gasteiger partial charge in [-0.3, -0.25) is 4.79 Å². The number of hydrogen-bond donors (Lipinski definition) is 1. The summed E-state index contributed by atoms with van der Waals surface area (Å²) in [6.45, 7) is 2.03. The van der Waals surface area contributed by atoms with Gasteiger partial charge >= 0.3 is 0 Å². The zero-order valence-corrected chi connectivity index (χ0v) is 18.0. The Balaban J connectivity index is 2.14. The Kier molecular flexibility index (Phi) is 6.66. The molecular formula is C22H23F2N3O2S. The van der Waals surface area contributed by atoms with Crippen molar-refractivity contribution in [3.05, 3.63) is 70.6 Å². The van der Waals surface area contributed by atoms with Crippen molar-refractivity contribution in [2.75, 3.05) is 29.5 Å². The lowest BCUT2D eigenvalue weighted by Gasteiger charge is -2.18. The molecule has 0 aliphatic heterocycles. The molecule has 0 atom stereocenters. The second kappa shape index (κ2) is 9.21. The van der Waals surface area contributed by atoms with Gasteiger partial charge in [-0.2, -0.15) is 0 Å². The summed E-state index contributed by atoms with van der Waals surface area (Å²) in [7, 11) is 5.26. The first-order valence-electron chi connectivity index (χ1n) is 9.33. The third kappa shape index (κ3) is 4.76. The van der Waals surface area contributed by atoms with E-state index >= 15 is 0 Å². The quantitative estimate of drug-likeness (QED) is 0.517. The zero-order valence-electron chi connectivity index (χ0n) is 17.2. The van der Waals surface area contributed by atoms with E-state index in [1.807, 2.05) is 19.1 Å². The molecule has 0 bridgehead atoms. The molecule has 0 unspecified atom stereocenters. The van der Waals surface area contributed by atoms with E-state index < -0.39 is 11.6 Å². The molecule has 0 aliphatic carbocycles. The Hall–Kier alpha value is -3.00. The Morgan fingerprint density at radius 1 is 1.10 bits per heavy atom. The van der Waals surface area contributed by atoms with Crippen molar-refractivity contribution in [2.45, 2.75) is 6.92 Å². The fraction of sp³-hybridized carbons (Fsp3) is 0.227. The largest absolute Gasteiger partial charge is 0.454 e. The average molecular weight is 432 g/mol. The Morgan fingerprint density at radius 3 is 2.50 bits per heavy atom. The fourth-order valence-corrected chi connectivity index (χ4v) is 3.34. The van der Waals surface area contributed by atoms with E-state index in [2.05, 4.69) is 4.72 Å². The number of aromatic nitrogens is 1. The molecular weight excluding hydrogens is 408 g/mol. The minimum absolute atomic E-state index is 0.0843. The molecule has 0 saturated carbocycles. The predicted molar refractivity (Wildman–Crippen MR) is 120 cm³/mol. The first-order chi connectivity index (χ1) is 14.3. The minimum Gasteiger partial charge on any atom is -0.454 e. The van der Waals surface area contributed by atoms with Crippen LogP contribution < -0.4 is 19.9 Å². The maximum atomic E-state index is 14.2. The summed E-state index contributed by atoms with van der Waals surface area (Å²) in [4.78, 5) is 14.2. The van der Waals surface area contributed by atoms with Gasteiger partial charge in [-0.25, -0.2) is 8.78 Å². The van der Waals surface area contributed by atoms with Crippen LogP contribution >= 0.6 is 11.9 Å². The molecule has 8 heteroatoms. The molecule has 0 fully saturated rings. The van der Waals surface area contributed by atoms with Crippen molar-refractivity contribution >= 4 is 23.3 Å². The maximum absolute atomic E-state index is 14.2. The second-order valence-electron chi connectivity index (χ2n) is 6.85. The van der Waals surface area contributed by atoms with E-state index in [-0.39, 0.29) is 11.3 Å². The number of anilines is 2. The third-order valence-corrected chi connectivity index (χ3v) is 5.05. The lowest BCUT2D eigenvalue weighted by atomic mass is 10.0. The molecule has 0 amide bonds. The van der Waals surface area contributed by atoms with Crippen molar-refractivity contribution < 1.29 is 13.5 Å². The van der Waals surface area contributed by atoms with Crippen LogP contribution in [-0.2, 0) is 7.05 Å². The third-order valence-electron chi connectivity index (χ3n) is 4.38. The van der Waals surface area contributed by atoms with E-state index in [0.717, 1.165) is 29.1 Å². The van der Waals surface area contributed by atoms with Gasteiger partial charge < -0.3 is 18.9 Å². The highest BCUT2D eigenvalue weighted by molar-refractivity contribution is 8.00. The Labute approximate surface area is 178 Å². The summed E-state index contributed by atoms with van der Waals surface area (Å²) in [6, 6.07) is 10.3. The first-order valence-corrected chi connectivity index (χ1v) is 10.3. The molecule has 5 nitrogen and oxygen atoms in total. The van der Waals surface area contributed by atoms with Gasteiger partial charge in [0.05, 0.1) is 0 Å². The SMILES string of the molecule is CCSNc1ccc(Oc2ccc(F)cc2F)c(-c2cc(N(C)C)c(=O)n(C)c2)c1. The van der Waals surface area contributed by atoms with Crippen LogP contribution in [0.5, 0.6) is 11.5 Å². The number of pyridine rings is 1. The van der Waals surface area contributed by atoms with Gasteiger partial charge in [0.25, 0.3) is 5.56 Å². The van der Waals surface area contributed by atoms with Crippen LogP contribution in [0.2, 0.25) is 0 Å². The van der Waals surface area contributed by atoms with Gasteiger partial charge in [-0.1, -0.05) is 18.9 Å². The standard InChI is InChI=1S/C22H23F2N3O2S/c1-5-30-25-16-7-9-20(29-21-8-6-15(23)11-18(21)24)17(12-16)14-10-19(26(2)3)22(28)27(4)13-14/h6-13,25H,5H2,1-4H3. The van der Waals surface area contributed by atoms with E-state index in [1.165, 1.54) is 22.6 Å². The average Bonchev–Trinajstić information content (AvgIpc) is 2.70. The van der Waals surface area contributed by atoms with Crippen LogP contribution in [0.1, 0.15) is 6.92 Å². The van der Waals surface area contributed by atoms with Gasteiger partial charge in [0.1, 0.15) is 17.3 Å². The molecule has 1 heterocycles. The number of rotatable bonds is 7. The van der Waals surface area contributed by atoms with Crippen molar-refractivity contribution in [1.82, 2.24) is 4.57 Å². The van der Waals surface area contributed by atoms with E-state index in [1.54, 1.807) is 44.4 Å². The molecule has 2 aromatic carbocycles. The van der Waals surface area contributed by atoms with Crippen molar-refractivity contribution in [3.63, 3.8) is 0 Å². The zero-order chi connectivity index (χ0) is 21.8. The van der Waals surface area contributed by atoms with Crippen LogP contribution in [0, 0.1) is 11.6 Å². The monoisotopic (exact) mass is 431 g/mol. The van der Waals surface area contributed by atoms with Crippen molar-refractivity contribution in [3.8, 4) is 22.6 Å². The van der Waals surface area contributed by atoms with Crippen LogP contribution in [0.3, 0.4) is 0 Å².